The van der Waals surface area contributed by atoms with E-state index in [0.717, 1.165) is 22.5 Å². The Balaban J connectivity index is 1.72. The molecule has 14 heteroatoms. The summed E-state index contributed by atoms with van der Waals surface area (Å²) >= 11 is 0. The van der Waals surface area contributed by atoms with E-state index in [1.807, 2.05) is 4.98 Å². The van der Waals surface area contributed by atoms with E-state index < -0.39 is 61.5 Å². The summed E-state index contributed by atoms with van der Waals surface area (Å²) in [5.74, 6) is -1.66. The number of aromatic amines is 1. The van der Waals surface area contributed by atoms with Crippen molar-refractivity contribution in [2.75, 3.05) is 18.4 Å². The Morgan fingerprint density at radius 3 is 2.21 bits per heavy atom. The molecule has 0 saturated carbocycles. The van der Waals surface area contributed by atoms with Crippen LogP contribution < -0.4 is 10.9 Å². The van der Waals surface area contributed by atoms with Crippen molar-refractivity contribution in [3.05, 3.63) is 58.0 Å². The van der Waals surface area contributed by atoms with E-state index in [1.165, 1.54) is 0 Å². The van der Waals surface area contributed by atoms with E-state index >= 15 is 0 Å². The highest BCUT2D eigenvalue weighted by atomic mass is 32.2. The second-order valence-electron chi connectivity index (χ2n) is 7.29. The van der Waals surface area contributed by atoms with Crippen LogP contribution in [0.15, 0.2) is 46.2 Å². The molecule has 0 bridgehead atoms. The van der Waals surface area contributed by atoms with Crippen LogP contribution in [-0.2, 0) is 27.2 Å². The quantitative estimate of drug-likeness (QED) is 0.633. The zero-order chi connectivity index (χ0) is 24.6. The molecule has 0 radical (unpaired) electrons. The second kappa shape index (κ2) is 8.82. The van der Waals surface area contributed by atoms with Crippen molar-refractivity contribution in [2.45, 2.75) is 30.1 Å². The van der Waals surface area contributed by atoms with Crippen molar-refractivity contribution in [1.82, 2.24) is 9.29 Å². The number of amides is 1. The van der Waals surface area contributed by atoms with Crippen LogP contribution in [0.5, 0.6) is 0 Å². The van der Waals surface area contributed by atoms with Crippen LogP contribution in [0.4, 0.5) is 32.0 Å². The maximum Gasteiger partial charge on any atom is 0.417 e. The number of hydrogen-bond acceptors (Lipinski definition) is 4. The normalized spacial score (nSPS) is 16.5. The van der Waals surface area contributed by atoms with Crippen molar-refractivity contribution in [3.63, 3.8) is 0 Å². The molecule has 3 rings (SSSR count). The Hall–Kier alpha value is -2.87. The topological polar surface area (TPSA) is 99.3 Å². The number of alkyl halides is 6. The number of hydrogen-bond donors (Lipinski definition) is 2. The average Bonchev–Trinajstić information content (AvgIpc) is 2.74. The lowest BCUT2D eigenvalue weighted by Crippen LogP contribution is -2.42. The molecule has 0 unspecified atom stereocenters. The lowest BCUT2D eigenvalue weighted by atomic mass is 9.97. The number of halogens is 6. The fourth-order valence-electron chi connectivity index (χ4n) is 3.40. The summed E-state index contributed by atoms with van der Waals surface area (Å²) in [6.45, 7) is -0.572. The van der Waals surface area contributed by atoms with Gasteiger partial charge >= 0.3 is 12.4 Å². The monoisotopic (exact) mass is 497 g/mol. The van der Waals surface area contributed by atoms with Gasteiger partial charge in [0.1, 0.15) is 5.69 Å². The maximum atomic E-state index is 13.2. The number of nitrogens with one attached hydrogen (secondary N) is 2. The standard InChI is InChI=1S/C19H17F6N3O4S/c20-18(21,22)12-9-14(17(30)26-10-12)27-16(29)11-5-7-28(8-6-11)33(31,32)15-4-2-1-3-13(15)19(23,24)25/h1-4,9-11H,5-8H2,(H,26,30)(H,27,29). The van der Waals surface area contributed by atoms with Gasteiger partial charge in [0.2, 0.25) is 15.9 Å². The van der Waals surface area contributed by atoms with Crippen molar-refractivity contribution in [2.24, 2.45) is 5.92 Å². The van der Waals surface area contributed by atoms with Gasteiger partial charge in [0.15, 0.2) is 0 Å². The zero-order valence-corrected chi connectivity index (χ0v) is 17.4. The van der Waals surface area contributed by atoms with Crippen LogP contribution in [0.3, 0.4) is 0 Å². The molecule has 33 heavy (non-hydrogen) atoms. The maximum absolute atomic E-state index is 13.2. The molecule has 1 aliphatic heterocycles. The second-order valence-corrected chi connectivity index (χ2v) is 9.20. The summed E-state index contributed by atoms with van der Waals surface area (Å²) in [7, 11) is -4.51. The van der Waals surface area contributed by atoms with E-state index in [2.05, 4.69) is 5.32 Å². The van der Waals surface area contributed by atoms with Crippen LogP contribution in [0.2, 0.25) is 0 Å². The summed E-state index contributed by atoms with van der Waals surface area (Å²) in [4.78, 5) is 25.2. The molecule has 1 amide bonds. The van der Waals surface area contributed by atoms with Crippen LogP contribution in [0, 0.1) is 5.92 Å². The van der Waals surface area contributed by atoms with E-state index in [0.29, 0.717) is 18.3 Å². The predicted molar refractivity (Wildman–Crippen MR) is 104 cm³/mol. The number of sulfonamides is 1. The molecular weight excluding hydrogens is 480 g/mol. The molecule has 1 aromatic heterocycles. The molecule has 180 valence electrons. The first kappa shape index (κ1) is 24.8. The molecule has 1 fully saturated rings. The number of benzene rings is 1. The summed E-state index contributed by atoms with van der Waals surface area (Å²) < 4.78 is 104. The number of nitrogens with zero attached hydrogens (tertiary/aromatic N) is 1. The minimum atomic E-state index is -4.89. The molecule has 7 nitrogen and oxygen atoms in total. The van der Waals surface area contributed by atoms with Gasteiger partial charge in [-0.2, -0.15) is 30.6 Å². The van der Waals surface area contributed by atoms with Gasteiger partial charge in [-0.05, 0) is 31.0 Å². The SMILES string of the molecule is O=C(Nc1cc(C(F)(F)F)c[nH]c1=O)C1CCN(S(=O)(=O)c2ccccc2C(F)(F)F)CC1. The van der Waals surface area contributed by atoms with E-state index in [9.17, 15) is 44.3 Å². The summed E-state index contributed by atoms with van der Waals surface area (Å²) in [6, 6.07) is 4.20. The molecule has 2 N–H and O–H groups in total. The van der Waals surface area contributed by atoms with Crippen molar-refractivity contribution in [3.8, 4) is 0 Å². The zero-order valence-electron chi connectivity index (χ0n) is 16.6. The molecule has 1 aromatic carbocycles. The highest BCUT2D eigenvalue weighted by molar-refractivity contribution is 7.89. The van der Waals surface area contributed by atoms with E-state index in [-0.39, 0.29) is 25.9 Å². The Kier molecular flexibility index (Phi) is 6.62. The summed E-state index contributed by atoms with van der Waals surface area (Å²) in [5.41, 5.74) is -4.07. The number of rotatable bonds is 4. The molecule has 2 heterocycles. The molecule has 1 saturated heterocycles. The number of carbonyl (C=O) groups excluding carboxylic acids is 1. The lowest BCUT2D eigenvalue weighted by Gasteiger charge is -2.31. The highest BCUT2D eigenvalue weighted by Crippen LogP contribution is 2.36. The smallest absolute Gasteiger partial charge is 0.327 e. The number of H-pyrrole nitrogens is 1. The van der Waals surface area contributed by atoms with Gasteiger partial charge in [-0.25, -0.2) is 8.42 Å². The third-order valence-corrected chi connectivity index (χ3v) is 7.08. The third kappa shape index (κ3) is 5.38. The van der Waals surface area contributed by atoms with Gasteiger partial charge < -0.3 is 10.3 Å². The first-order valence-corrected chi connectivity index (χ1v) is 10.9. The third-order valence-electron chi connectivity index (χ3n) is 5.12. The highest BCUT2D eigenvalue weighted by Gasteiger charge is 2.40. The predicted octanol–water partition coefficient (Wildman–Crippen LogP) is 3.45. The average molecular weight is 497 g/mol. The molecule has 0 spiro atoms. The summed E-state index contributed by atoms with van der Waals surface area (Å²) in [5, 5.41) is 2.11. The lowest BCUT2D eigenvalue weighted by molar-refractivity contribution is -0.140. The van der Waals surface area contributed by atoms with Gasteiger partial charge in [-0.1, -0.05) is 12.1 Å². The number of piperidine rings is 1. The van der Waals surface area contributed by atoms with E-state index in [1.54, 1.807) is 0 Å². The fourth-order valence-corrected chi connectivity index (χ4v) is 5.08. The molecule has 0 atom stereocenters. The first-order chi connectivity index (χ1) is 15.2. The van der Waals surface area contributed by atoms with Gasteiger partial charge in [-0.15, -0.1) is 0 Å². The van der Waals surface area contributed by atoms with E-state index in [4.69, 9.17) is 0 Å². The number of carbonyl (C=O) groups is 1. The minimum Gasteiger partial charge on any atom is -0.327 e. The van der Waals surface area contributed by atoms with Crippen molar-refractivity contribution >= 4 is 21.6 Å². The first-order valence-electron chi connectivity index (χ1n) is 9.48. The number of pyridine rings is 1. The van der Waals surface area contributed by atoms with Crippen LogP contribution >= 0.6 is 0 Å². The minimum absolute atomic E-state index is 0.101. The number of anilines is 1. The van der Waals surface area contributed by atoms with Crippen molar-refractivity contribution in [1.29, 1.82) is 0 Å². The largest absolute Gasteiger partial charge is 0.417 e. The Morgan fingerprint density at radius 1 is 1.03 bits per heavy atom. The molecule has 0 aliphatic carbocycles. The summed E-state index contributed by atoms with van der Waals surface area (Å²) in [6.07, 6.45) is -9.39. The Morgan fingerprint density at radius 2 is 1.64 bits per heavy atom. The van der Waals surface area contributed by atoms with Gasteiger partial charge in [0.05, 0.1) is 16.0 Å². The van der Waals surface area contributed by atoms with Crippen LogP contribution in [0.1, 0.15) is 24.0 Å². The van der Waals surface area contributed by atoms with Gasteiger partial charge in [0, 0.05) is 25.2 Å². The Bertz CT molecular complexity index is 1200. The molecular formula is C19H17F6N3O4S. The Labute approximate surface area is 183 Å². The van der Waals surface area contributed by atoms with Gasteiger partial charge in [-0.3, -0.25) is 9.59 Å². The molecule has 1 aliphatic rings. The fraction of sp³-hybridized carbons (Fsp3) is 0.368. The van der Waals surface area contributed by atoms with Crippen molar-refractivity contribution < 1.29 is 39.6 Å². The van der Waals surface area contributed by atoms with Gasteiger partial charge in [0.25, 0.3) is 5.56 Å². The number of aromatic nitrogens is 1. The molecule has 2 aromatic rings. The van der Waals surface area contributed by atoms with Crippen LogP contribution in [0.25, 0.3) is 0 Å². The van der Waals surface area contributed by atoms with Crippen LogP contribution in [-0.4, -0.2) is 36.7 Å².